The molecule has 9 heteroatoms. The Morgan fingerprint density at radius 3 is 2.65 bits per heavy atom. The number of halogens is 4. The fraction of sp³-hybridized carbons (Fsp3) is 0.571. The van der Waals surface area contributed by atoms with E-state index in [0.717, 1.165) is 18.6 Å². The lowest BCUT2D eigenvalue weighted by Crippen LogP contribution is -2.40. The number of nitrogens with two attached hydrogens (primary N) is 1. The molecule has 4 nitrogen and oxygen atoms in total. The molecule has 1 heterocycles. The van der Waals surface area contributed by atoms with Crippen LogP contribution in [0.1, 0.15) is 24.8 Å². The standard InChI is InChI=1S/C14H18ClF3N2O2S/c15-13-4-3-11(8-12(13)14(16,17)18)23(21,22)20-7-1-2-10(9-20)5-6-19/h3-4,8,10H,1-2,5-7,9,19H2. The zero-order valence-electron chi connectivity index (χ0n) is 12.3. The molecule has 23 heavy (non-hydrogen) atoms. The van der Waals surface area contributed by atoms with Crippen molar-refractivity contribution in [3.05, 3.63) is 28.8 Å². The zero-order valence-corrected chi connectivity index (χ0v) is 13.9. The summed E-state index contributed by atoms with van der Waals surface area (Å²) in [6.45, 7) is 1.04. The summed E-state index contributed by atoms with van der Waals surface area (Å²) in [4.78, 5) is -0.386. The van der Waals surface area contributed by atoms with E-state index in [1.807, 2.05) is 0 Å². The van der Waals surface area contributed by atoms with Crippen LogP contribution in [0.4, 0.5) is 13.2 Å². The number of alkyl halides is 3. The van der Waals surface area contributed by atoms with Gasteiger partial charge in [-0.05, 0) is 49.9 Å². The highest BCUT2D eigenvalue weighted by Gasteiger charge is 2.36. The van der Waals surface area contributed by atoms with Crippen LogP contribution in [0.2, 0.25) is 5.02 Å². The minimum absolute atomic E-state index is 0.137. The van der Waals surface area contributed by atoms with E-state index < -0.39 is 26.8 Å². The molecule has 0 aromatic heterocycles. The van der Waals surface area contributed by atoms with Crippen LogP contribution in [-0.2, 0) is 16.2 Å². The molecular formula is C14H18ClF3N2O2S. The smallest absolute Gasteiger partial charge is 0.330 e. The van der Waals surface area contributed by atoms with E-state index in [2.05, 4.69) is 0 Å². The summed E-state index contributed by atoms with van der Waals surface area (Å²) in [6, 6.07) is 2.68. The molecule has 1 aromatic carbocycles. The van der Waals surface area contributed by atoms with E-state index in [1.54, 1.807) is 0 Å². The maximum atomic E-state index is 12.9. The van der Waals surface area contributed by atoms with Crippen LogP contribution < -0.4 is 5.73 Å². The normalized spacial score (nSPS) is 20.7. The molecule has 2 rings (SSSR count). The van der Waals surface area contributed by atoms with Crippen molar-refractivity contribution in [2.24, 2.45) is 11.7 Å². The van der Waals surface area contributed by atoms with Crippen molar-refractivity contribution >= 4 is 21.6 Å². The maximum absolute atomic E-state index is 12.9. The molecule has 1 saturated heterocycles. The first kappa shape index (κ1) is 18.5. The number of hydrogen-bond acceptors (Lipinski definition) is 3. The van der Waals surface area contributed by atoms with E-state index >= 15 is 0 Å². The summed E-state index contributed by atoms with van der Waals surface area (Å²) in [5, 5.41) is -0.517. The fourth-order valence-corrected chi connectivity index (χ4v) is 4.55. The van der Waals surface area contributed by atoms with Crippen molar-refractivity contribution in [1.29, 1.82) is 0 Å². The van der Waals surface area contributed by atoms with E-state index in [-0.39, 0.29) is 17.4 Å². The zero-order chi connectivity index (χ0) is 17.3. The number of nitrogens with zero attached hydrogens (tertiary/aromatic N) is 1. The lowest BCUT2D eigenvalue weighted by Gasteiger charge is -2.32. The lowest BCUT2D eigenvalue weighted by atomic mass is 9.96. The van der Waals surface area contributed by atoms with Crippen molar-refractivity contribution in [3.8, 4) is 0 Å². The molecule has 0 saturated carbocycles. The van der Waals surface area contributed by atoms with E-state index in [0.29, 0.717) is 32.0 Å². The summed E-state index contributed by atoms with van der Waals surface area (Å²) in [6.07, 6.45) is -2.46. The third-order valence-corrected chi connectivity index (χ3v) is 6.13. The largest absolute Gasteiger partial charge is 0.417 e. The first-order chi connectivity index (χ1) is 10.7. The minimum atomic E-state index is -4.70. The Balaban J connectivity index is 2.33. The van der Waals surface area contributed by atoms with Gasteiger partial charge in [0.15, 0.2) is 0 Å². The Morgan fingerprint density at radius 1 is 1.35 bits per heavy atom. The number of sulfonamides is 1. The van der Waals surface area contributed by atoms with Crippen LogP contribution in [0.5, 0.6) is 0 Å². The molecule has 1 fully saturated rings. The van der Waals surface area contributed by atoms with Crippen LogP contribution >= 0.6 is 11.6 Å². The molecule has 0 bridgehead atoms. The molecule has 1 aliphatic heterocycles. The van der Waals surface area contributed by atoms with Gasteiger partial charge in [-0.3, -0.25) is 0 Å². The Bertz CT molecular complexity index is 662. The first-order valence-electron chi connectivity index (χ1n) is 7.23. The molecule has 1 unspecified atom stereocenters. The third kappa shape index (κ3) is 4.17. The predicted molar refractivity (Wildman–Crippen MR) is 81.6 cm³/mol. The molecule has 2 N–H and O–H groups in total. The average molecular weight is 371 g/mol. The second-order valence-electron chi connectivity index (χ2n) is 5.59. The van der Waals surface area contributed by atoms with Gasteiger partial charge < -0.3 is 5.73 Å². The van der Waals surface area contributed by atoms with Gasteiger partial charge in [-0.2, -0.15) is 17.5 Å². The van der Waals surface area contributed by atoms with Crippen LogP contribution in [0.15, 0.2) is 23.1 Å². The van der Waals surface area contributed by atoms with Gasteiger partial charge in [0.2, 0.25) is 10.0 Å². The SMILES string of the molecule is NCCC1CCCN(S(=O)(=O)c2ccc(Cl)c(C(F)(F)F)c2)C1. The number of benzene rings is 1. The van der Waals surface area contributed by atoms with Crippen molar-refractivity contribution < 1.29 is 21.6 Å². The molecule has 0 aliphatic carbocycles. The highest BCUT2D eigenvalue weighted by Crippen LogP contribution is 2.36. The summed E-state index contributed by atoms with van der Waals surface area (Å²) in [5.41, 5.74) is 4.36. The third-order valence-electron chi connectivity index (χ3n) is 3.94. The Morgan fingerprint density at radius 2 is 2.04 bits per heavy atom. The van der Waals surface area contributed by atoms with Gasteiger partial charge in [0, 0.05) is 13.1 Å². The Labute approximate surface area is 138 Å². The Kier molecular flexibility index (Phi) is 5.60. The topological polar surface area (TPSA) is 63.4 Å². The van der Waals surface area contributed by atoms with Gasteiger partial charge in [0.25, 0.3) is 0 Å². The van der Waals surface area contributed by atoms with Gasteiger partial charge in [-0.1, -0.05) is 11.6 Å². The molecule has 0 spiro atoms. The molecule has 1 aromatic rings. The first-order valence-corrected chi connectivity index (χ1v) is 9.05. The second-order valence-corrected chi connectivity index (χ2v) is 7.93. The minimum Gasteiger partial charge on any atom is -0.330 e. The van der Waals surface area contributed by atoms with Crippen molar-refractivity contribution in [3.63, 3.8) is 0 Å². The summed E-state index contributed by atoms with van der Waals surface area (Å²) in [5.74, 6) is 0.137. The summed E-state index contributed by atoms with van der Waals surface area (Å²) in [7, 11) is -3.98. The second kappa shape index (κ2) is 6.96. The molecule has 0 amide bonds. The molecule has 1 aliphatic rings. The van der Waals surface area contributed by atoms with Gasteiger partial charge >= 0.3 is 6.18 Å². The number of piperidine rings is 1. The summed E-state index contributed by atoms with van der Waals surface area (Å²) < 4.78 is 65.2. The van der Waals surface area contributed by atoms with Crippen LogP contribution in [0.3, 0.4) is 0 Å². The average Bonchev–Trinajstić information content (AvgIpc) is 2.47. The molecule has 1 atom stereocenters. The van der Waals surface area contributed by atoms with Gasteiger partial charge in [0.1, 0.15) is 0 Å². The van der Waals surface area contributed by atoms with E-state index in [1.165, 1.54) is 4.31 Å². The predicted octanol–water partition coefficient (Wildman–Crippen LogP) is 3.11. The number of hydrogen-bond donors (Lipinski definition) is 1. The van der Waals surface area contributed by atoms with Crippen LogP contribution in [0.25, 0.3) is 0 Å². The maximum Gasteiger partial charge on any atom is 0.417 e. The monoisotopic (exact) mass is 370 g/mol. The van der Waals surface area contributed by atoms with Gasteiger partial charge in [-0.15, -0.1) is 0 Å². The quantitative estimate of drug-likeness (QED) is 0.885. The van der Waals surface area contributed by atoms with Crippen molar-refractivity contribution in [1.82, 2.24) is 4.31 Å². The van der Waals surface area contributed by atoms with Crippen LogP contribution in [-0.4, -0.2) is 32.4 Å². The highest BCUT2D eigenvalue weighted by molar-refractivity contribution is 7.89. The molecular weight excluding hydrogens is 353 g/mol. The molecule has 0 radical (unpaired) electrons. The van der Waals surface area contributed by atoms with Gasteiger partial charge in [-0.25, -0.2) is 8.42 Å². The van der Waals surface area contributed by atoms with Crippen molar-refractivity contribution in [2.45, 2.75) is 30.3 Å². The van der Waals surface area contributed by atoms with E-state index in [4.69, 9.17) is 17.3 Å². The lowest BCUT2D eigenvalue weighted by molar-refractivity contribution is -0.137. The summed E-state index contributed by atoms with van der Waals surface area (Å²) >= 11 is 5.54. The highest BCUT2D eigenvalue weighted by atomic mass is 35.5. The van der Waals surface area contributed by atoms with Crippen LogP contribution in [0, 0.1) is 5.92 Å². The van der Waals surface area contributed by atoms with Crippen molar-refractivity contribution in [2.75, 3.05) is 19.6 Å². The molecule has 130 valence electrons. The fourth-order valence-electron chi connectivity index (χ4n) is 2.75. The Hall–Kier alpha value is -0.830. The number of rotatable bonds is 4. The van der Waals surface area contributed by atoms with E-state index in [9.17, 15) is 21.6 Å². The van der Waals surface area contributed by atoms with Gasteiger partial charge in [0.05, 0.1) is 15.5 Å².